The molecule has 1 amide bonds. The number of rotatable bonds is 10. The number of benzene rings is 1. The second-order valence-corrected chi connectivity index (χ2v) is 9.73. The number of pyridine rings is 1. The van der Waals surface area contributed by atoms with Crippen molar-refractivity contribution in [3.8, 4) is 16.9 Å². The molecule has 1 aliphatic rings. The van der Waals surface area contributed by atoms with E-state index < -0.39 is 0 Å². The van der Waals surface area contributed by atoms with Crippen molar-refractivity contribution in [2.75, 3.05) is 6.54 Å². The van der Waals surface area contributed by atoms with Crippen LogP contribution < -0.4 is 0 Å². The van der Waals surface area contributed by atoms with Gasteiger partial charge in [-0.1, -0.05) is 81.2 Å². The maximum absolute atomic E-state index is 13.1. The summed E-state index contributed by atoms with van der Waals surface area (Å²) in [6.07, 6.45) is 14.5. The molecule has 0 spiro atoms. The van der Waals surface area contributed by atoms with Crippen LogP contribution in [0.2, 0.25) is 0 Å². The number of amides is 1. The van der Waals surface area contributed by atoms with Gasteiger partial charge in [0.1, 0.15) is 10.0 Å². The molecule has 0 aliphatic carbocycles. The van der Waals surface area contributed by atoms with Crippen LogP contribution in [-0.2, 0) is 4.79 Å². The van der Waals surface area contributed by atoms with Crippen molar-refractivity contribution in [2.24, 2.45) is 0 Å². The van der Waals surface area contributed by atoms with Crippen molar-refractivity contribution in [2.45, 2.75) is 45.4 Å². The summed E-state index contributed by atoms with van der Waals surface area (Å²) in [4.78, 5) is 19.6. The third-order valence-electron chi connectivity index (χ3n) is 5.61. The summed E-state index contributed by atoms with van der Waals surface area (Å²) in [5, 5.41) is 4.82. The lowest BCUT2D eigenvalue weighted by atomic mass is 10.1. The molecule has 0 saturated carbocycles. The maximum atomic E-state index is 13.1. The van der Waals surface area contributed by atoms with Crippen LogP contribution in [0.4, 0.5) is 0 Å². The van der Waals surface area contributed by atoms with Gasteiger partial charge in [0.2, 0.25) is 0 Å². The highest BCUT2D eigenvalue weighted by Gasteiger charge is 2.32. The SMILES string of the molecule is CCCCCCCCN1C(=O)/C(=C/c2cn(-c3ccccc3)nc2-c2ccncc2)SC1=S. The Hall–Kier alpha value is -2.77. The minimum Gasteiger partial charge on any atom is -0.293 e. The molecule has 0 unspecified atom stereocenters. The summed E-state index contributed by atoms with van der Waals surface area (Å²) in [7, 11) is 0. The number of carbonyl (C=O) groups excluding carboxylic acids is 1. The lowest BCUT2D eigenvalue weighted by molar-refractivity contribution is -0.122. The van der Waals surface area contributed by atoms with Crippen LogP contribution in [0.25, 0.3) is 23.0 Å². The molecule has 0 bridgehead atoms. The zero-order chi connectivity index (χ0) is 23.0. The smallest absolute Gasteiger partial charge is 0.266 e. The topological polar surface area (TPSA) is 51.0 Å². The summed E-state index contributed by atoms with van der Waals surface area (Å²) in [6, 6.07) is 13.8. The van der Waals surface area contributed by atoms with Crippen molar-refractivity contribution in [1.29, 1.82) is 0 Å². The standard InChI is InChI=1S/C26H28N4OS2/c1-2-3-4-5-6-10-17-29-25(31)23(33-26(29)32)18-21-19-30(22-11-8-7-9-12-22)28-24(21)20-13-15-27-16-14-20/h7-9,11-16,18-19H,2-6,10,17H2,1H3/b23-18-. The summed E-state index contributed by atoms with van der Waals surface area (Å²) in [5.41, 5.74) is 3.60. The molecule has 1 saturated heterocycles. The average Bonchev–Trinajstić information content (AvgIpc) is 3.38. The Balaban J connectivity index is 1.56. The van der Waals surface area contributed by atoms with E-state index in [1.807, 2.05) is 59.4 Å². The molecule has 1 fully saturated rings. The highest BCUT2D eigenvalue weighted by Crippen LogP contribution is 2.35. The summed E-state index contributed by atoms with van der Waals surface area (Å²) in [5.74, 6) is -0.00769. The van der Waals surface area contributed by atoms with Crippen LogP contribution in [0.5, 0.6) is 0 Å². The fourth-order valence-electron chi connectivity index (χ4n) is 3.82. The molecule has 0 N–H and O–H groups in total. The van der Waals surface area contributed by atoms with Gasteiger partial charge in [-0.05, 0) is 36.8 Å². The Kier molecular flexibility index (Phi) is 8.07. The Labute approximate surface area is 204 Å². The molecule has 33 heavy (non-hydrogen) atoms. The van der Waals surface area contributed by atoms with Crippen molar-refractivity contribution < 1.29 is 4.79 Å². The van der Waals surface area contributed by atoms with Gasteiger partial charge in [0, 0.05) is 36.3 Å². The van der Waals surface area contributed by atoms with Gasteiger partial charge in [0.15, 0.2) is 0 Å². The Bertz CT molecular complexity index is 1130. The minimum absolute atomic E-state index is 0.00769. The van der Waals surface area contributed by atoms with Crippen molar-refractivity contribution >= 4 is 40.3 Å². The van der Waals surface area contributed by atoms with Gasteiger partial charge in [0.25, 0.3) is 5.91 Å². The van der Waals surface area contributed by atoms with Crippen LogP contribution in [0.3, 0.4) is 0 Å². The van der Waals surface area contributed by atoms with Gasteiger partial charge in [-0.3, -0.25) is 14.7 Å². The highest BCUT2D eigenvalue weighted by molar-refractivity contribution is 8.26. The lowest BCUT2D eigenvalue weighted by Gasteiger charge is -2.13. The number of nitrogens with zero attached hydrogens (tertiary/aromatic N) is 4. The van der Waals surface area contributed by atoms with Crippen LogP contribution in [0.15, 0.2) is 66.0 Å². The number of unbranched alkanes of at least 4 members (excludes halogenated alkanes) is 5. The first-order valence-corrected chi connectivity index (χ1v) is 12.7. The highest BCUT2D eigenvalue weighted by atomic mass is 32.2. The van der Waals surface area contributed by atoms with E-state index in [1.165, 1.54) is 37.4 Å². The van der Waals surface area contributed by atoms with Crippen molar-refractivity contribution in [3.05, 3.63) is 71.5 Å². The number of aromatic nitrogens is 3. The lowest BCUT2D eigenvalue weighted by Crippen LogP contribution is -2.29. The van der Waals surface area contributed by atoms with Crippen LogP contribution in [0, 0.1) is 0 Å². The molecule has 2 aromatic heterocycles. The van der Waals surface area contributed by atoms with Gasteiger partial charge in [-0.15, -0.1) is 0 Å². The van der Waals surface area contributed by atoms with Gasteiger partial charge < -0.3 is 0 Å². The first kappa shape index (κ1) is 23.4. The molecule has 4 rings (SSSR count). The van der Waals surface area contributed by atoms with E-state index in [2.05, 4.69) is 11.9 Å². The van der Waals surface area contributed by atoms with Gasteiger partial charge in [0.05, 0.1) is 10.6 Å². The quantitative estimate of drug-likeness (QED) is 0.190. The van der Waals surface area contributed by atoms with Crippen LogP contribution >= 0.6 is 24.0 Å². The zero-order valence-electron chi connectivity index (χ0n) is 18.8. The largest absolute Gasteiger partial charge is 0.293 e. The first-order valence-electron chi connectivity index (χ1n) is 11.5. The van der Waals surface area contributed by atoms with E-state index in [0.29, 0.717) is 15.8 Å². The van der Waals surface area contributed by atoms with E-state index in [9.17, 15) is 4.79 Å². The number of thioether (sulfide) groups is 1. The first-order chi connectivity index (χ1) is 16.2. The van der Waals surface area contributed by atoms with E-state index in [4.69, 9.17) is 17.3 Å². The molecule has 3 heterocycles. The molecule has 170 valence electrons. The normalized spacial score (nSPS) is 15.1. The van der Waals surface area contributed by atoms with Crippen molar-refractivity contribution in [1.82, 2.24) is 19.7 Å². The molecule has 1 aliphatic heterocycles. The molecule has 5 nitrogen and oxygen atoms in total. The number of thiocarbonyl (C=S) groups is 1. The predicted octanol–water partition coefficient (Wildman–Crippen LogP) is 6.50. The Morgan fingerprint density at radius 2 is 1.73 bits per heavy atom. The molecular weight excluding hydrogens is 448 g/mol. The third-order valence-corrected chi connectivity index (χ3v) is 6.99. The van der Waals surface area contributed by atoms with E-state index in [0.717, 1.165) is 35.3 Å². The monoisotopic (exact) mass is 476 g/mol. The molecule has 0 atom stereocenters. The Morgan fingerprint density at radius 3 is 2.48 bits per heavy atom. The molecule has 7 heteroatoms. The van der Waals surface area contributed by atoms with E-state index in [-0.39, 0.29) is 5.91 Å². The fourth-order valence-corrected chi connectivity index (χ4v) is 5.12. The minimum atomic E-state index is -0.00769. The second-order valence-electron chi connectivity index (χ2n) is 8.05. The number of para-hydroxylation sites is 1. The maximum Gasteiger partial charge on any atom is 0.266 e. The summed E-state index contributed by atoms with van der Waals surface area (Å²) in [6.45, 7) is 2.91. The molecule has 1 aromatic carbocycles. The number of hydrogen-bond acceptors (Lipinski definition) is 5. The fraction of sp³-hybridized carbons (Fsp3) is 0.308. The zero-order valence-corrected chi connectivity index (χ0v) is 20.4. The van der Waals surface area contributed by atoms with E-state index >= 15 is 0 Å². The summed E-state index contributed by atoms with van der Waals surface area (Å²) < 4.78 is 2.49. The third kappa shape index (κ3) is 5.78. The number of carbonyl (C=O) groups is 1. The predicted molar refractivity (Wildman–Crippen MR) is 140 cm³/mol. The van der Waals surface area contributed by atoms with Crippen LogP contribution in [0.1, 0.15) is 51.0 Å². The molecule has 3 aromatic rings. The Morgan fingerprint density at radius 1 is 1.00 bits per heavy atom. The second kappa shape index (κ2) is 11.4. The van der Waals surface area contributed by atoms with Crippen LogP contribution in [-0.4, -0.2) is 36.4 Å². The van der Waals surface area contributed by atoms with Gasteiger partial charge >= 0.3 is 0 Å². The van der Waals surface area contributed by atoms with E-state index in [1.54, 1.807) is 17.3 Å². The van der Waals surface area contributed by atoms with Gasteiger partial charge in [-0.2, -0.15) is 5.10 Å². The average molecular weight is 477 g/mol. The van der Waals surface area contributed by atoms with Gasteiger partial charge in [-0.25, -0.2) is 4.68 Å². The summed E-state index contributed by atoms with van der Waals surface area (Å²) >= 11 is 6.91. The number of hydrogen-bond donors (Lipinski definition) is 0. The van der Waals surface area contributed by atoms with Crippen molar-refractivity contribution in [3.63, 3.8) is 0 Å². The molecule has 0 radical (unpaired) electrons. The molecular formula is C26H28N4OS2.